The molecule has 0 amide bonds. The Kier molecular flexibility index (Phi) is 6.96. The van der Waals surface area contributed by atoms with Gasteiger partial charge in [-0.1, -0.05) is 53.0 Å². The average Bonchev–Trinajstić information content (AvgIpc) is 2.78. The summed E-state index contributed by atoms with van der Waals surface area (Å²) in [7, 11) is -4.41. The van der Waals surface area contributed by atoms with Crippen LogP contribution >= 0.6 is 34.8 Å². The van der Waals surface area contributed by atoms with Gasteiger partial charge in [0.25, 0.3) is 15.9 Å². The van der Waals surface area contributed by atoms with Gasteiger partial charge in [0.2, 0.25) is 11.9 Å². The Morgan fingerprint density at radius 3 is 2.17 bits per heavy atom. The summed E-state index contributed by atoms with van der Waals surface area (Å²) < 4.78 is 75.0. The summed E-state index contributed by atoms with van der Waals surface area (Å²) >= 11 is 18.0. The molecule has 0 fully saturated rings. The van der Waals surface area contributed by atoms with Gasteiger partial charge in [-0.25, -0.2) is 18.4 Å². The van der Waals surface area contributed by atoms with Crippen molar-refractivity contribution in [3.05, 3.63) is 81.6 Å². The molecule has 0 aliphatic rings. The molecule has 0 saturated carbocycles. The van der Waals surface area contributed by atoms with E-state index in [1.165, 1.54) is 48.7 Å². The minimum atomic E-state index is -4.91. The fraction of sp³-hybridized carbons (Fsp3) is 0.0952. The van der Waals surface area contributed by atoms with E-state index in [0.29, 0.717) is 0 Å². The zero-order chi connectivity index (χ0) is 25.4. The summed E-state index contributed by atoms with van der Waals surface area (Å²) in [5.41, 5.74) is -0.272. The average molecular weight is 564 g/mol. The van der Waals surface area contributed by atoms with E-state index in [1.54, 1.807) is 0 Å². The van der Waals surface area contributed by atoms with Crippen molar-refractivity contribution in [2.75, 3.05) is 4.72 Å². The van der Waals surface area contributed by atoms with Crippen molar-refractivity contribution in [3.8, 4) is 5.88 Å². The van der Waals surface area contributed by atoms with Crippen molar-refractivity contribution >= 4 is 61.7 Å². The molecular formula is C21H12Cl3F3N4O3S. The number of nitrogens with one attached hydrogen (secondary N) is 1. The second kappa shape index (κ2) is 9.65. The SMILES string of the molecule is O=S(=O)(Nc1nc2cc(Cl)c(Cl)cc2nc1OC(c1cccnc1)C(F)(F)F)c1ccccc1Cl. The van der Waals surface area contributed by atoms with Gasteiger partial charge in [-0.3, -0.25) is 9.71 Å². The molecule has 0 aliphatic carbocycles. The lowest BCUT2D eigenvalue weighted by Crippen LogP contribution is -2.27. The first-order valence-corrected chi connectivity index (χ1v) is 12.1. The number of anilines is 1. The number of benzene rings is 2. The van der Waals surface area contributed by atoms with E-state index < -0.39 is 34.0 Å². The van der Waals surface area contributed by atoms with Gasteiger partial charge in [0.1, 0.15) is 4.90 Å². The molecule has 0 saturated heterocycles. The Bertz CT molecular complexity index is 1510. The first kappa shape index (κ1) is 25.2. The maximum atomic E-state index is 13.9. The summed E-state index contributed by atoms with van der Waals surface area (Å²) in [6.07, 6.45) is -5.18. The number of fused-ring (bicyclic) bond motifs is 1. The second-order valence-electron chi connectivity index (χ2n) is 6.99. The Hall–Kier alpha value is -2.86. The number of hydrogen-bond acceptors (Lipinski definition) is 6. The van der Waals surface area contributed by atoms with Crippen LogP contribution in [0.5, 0.6) is 5.88 Å². The van der Waals surface area contributed by atoms with Gasteiger partial charge < -0.3 is 4.74 Å². The predicted molar refractivity (Wildman–Crippen MR) is 125 cm³/mol. The van der Waals surface area contributed by atoms with Gasteiger partial charge in [0, 0.05) is 18.0 Å². The molecule has 1 atom stereocenters. The normalized spacial score (nSPS) is 13.0. The van der Waals surface area contributed by atoms with Gasteiger partial charge in [0.05, 0.1) is 26.1 Å². The maximum absolute atomic E-state index is 13.9. The third kappa shape index (κ3) is 5.53. The number of nitrogens with zero attached hydrogens (tertiary/aromatic N) is 3. The van der Waals surface area contributed by atoms with Crippen LogP contribution in [-0.2, 0) is 10.0 Å². The van der Waals surface area contributed by atoms with Crippen molar-refractivity contribution in [1.82, 2.24) is 15.0 Å². The van der Waals surface area contributed by atoms with Crippen molar-refractivity contribution in [2.45, 2.75) is 17.2 Å². The molecule has 2 heterocycles. The zero-order valence-corrected chi connectivity index (χ0v) is 20.2. The summed E-state index contributed by atoms with van der Waals surface area (Å²) in [5, 5.41) is 0.0172. The first-order valence-electron chi connectivity index (χ1n) is 9.53. The van der Waals surface area contributed by atoms with Gasteiger partial charge in [-0.15, -0.1) is 0 Å². The number of rotatable bonds is 6. The highest BCUT2D eigenvalue weighted by molar-refractivity contribution is 7.92. The molecule has 0 radical (unpaired) electrons. The van der Waals surface area contributed by atoms with Gasteiger partial charge >= 0.3 is 6.18 Å². The van der Waals surface area contributed by atoms with E-state index >= 15 is 0 Å². The molecule has 1 N–H and O–H groups in total. The molecule has 182 valence electrons. The molecule has 14 heteroatoms. The molecule has 0 aliphatic heterocycles. The molecular weight excluding hydrogens is 552 g/mol. The van der Waals surface area contributed by atoms with Crippen molar-refractivity contribution in [1.29, 1.82) is 0 Å². The molecule has 4 rings (SSSR count). The quantitative estimate of drug-likeness (QED) is 0.289. The predicted octanol–water partition coefficient (Wildman–Crippen LogP) is 6.47. The lowest BCUT2D eigenvalue weighted by atomic mass is 10.1. The van der Waals surface area contributed by atoms with Crippen molar-refractivity contribution < 1.29 is 26.3 Å². The molecule has 0 bridgehead atoms. The Morgan fingerprint density at radius 1 is 0.914 bits per heavy atom. The highest BCUT2D eigenvalue weighted by atomic mass is 35.5. The number of aromatic nitrogens is 3. The standard InChI is InChI=1S/C21H12Cl3F3N4O3S/c22-12-5-1-2-6-17(12)35(32,33)31-19-20(30-16-9-14(24)13(23)8-15(16)29-19)34-18(21(25,26)27)11-4-3-7-28-10-11/h1-10,18H,(H,29,31). The summed E-state index contributed by atoms with van der Waals surface area (Å²) in [6, 6.07) is 10.5. The number of pyridine rings is 1. The summed E-state index contributed by atoms with van der Waals surface area (Å²) in [5.74, 6) is -1.37. The third-order valence-electron chi connectivity index (χ3n) is 4.55. The molecule has 2 aromatic carbocycles. The van der Waals surface area contributed by atoms with E-state index in [9.17, 15) is 21.6 Å². The number of alkyl halides is 3. The monoisotopic (exact) mass is 562 g/mol. The van der Waals surface area contributed by atoms with Crippen molar-refractivity contribution in [3.63, 3.8) is 0 Å². The highest BCUT2D eigenvalue weighted by Crippen LogP contribution is 2.39. The minimum absolute atomic E-state index is 0.0159. The van der Waals surface area contributed by atoms with E-state index in [4.69, 9.17) is 39.5 Å². The molecule has 4 aromatic rings. The van der Waals surface area contributed by atoms with Crippen LogP contribution in [0.2, 0.25) is 15.1 Å². The van der Waals surface area contributed by atoms with E-state index in [0.717, 1.165) is 12.3 Å². The van der Waals surface area contributed by atoms with Crippen molar-refractivity contribution in [2.24, 2.45) is 0 Å². The third-order valence-corrected chi connectivity index (χ3v) is 7.11. The van der Waals surface area contributed by atoms with E-state index in [1.807, 2.05) is 0 Å². The fourth-order valence-electron chi connectivity index (χ4n) is 3.00. The number of hydrogen-bond donors (Lipinski definition) is 1. The smallest absolute Gasteiger partial charge is 0.429 e. The lowest BCUT2D eigenvalue weighted by Gasteiger charge is -2.22. The molecule has 2 aromatic heterocycles. The summed E-state index contributed by atoms with van der Waals surface area (Å²) in [6.45, 7) is 0. The Morgan fingerprint density at radius 2 is 1.57 bits per heavy atom. The largest absolute Gasteiger partial charge is 0.457 e. The lowest BCUT2D eigenvalue weighted by molar-refractivity contribution is -0.198. The van der Waals surface area contributed by atoms with Gasteiger partial charge in [-0.05, 0) is 30.3 Å². The van der Waals surface area contributed by atoms with Crippen LogP contribution < -0.4 is 9.46 Å². The van der Waals surface area contributed by atoms with Crippen LogP contribution in [0.3, 0.4) is 0 Å². The molecule has 0 spiro atoms. The molecule has 1 unspecified atom stereocenters. The Balaban J connectivity index is 1.87. The molecule has 7 nitrogen and oxygen atoms in total. The maximum Gasteiger partial charge on any atom is 0.429 e. The number of halogens is 6. The second-order valence-corrected chi connectivity index (χ2v) is 9.87. The van der Waals surface area contributed by atoms with Gasteiger partial charge in [0.15, 0.2) is 0 Å². The number of sulfonamides is 1. The first-order chi connectivity index (χ1) is 16.5. The van der Waals surface area contributed by atoms with Crippen LogP contribution in [0, 0.1) is 0 Å². The van der Waals surface area contributed by atoms with Crippen LogP contribution in [-0.4, -0.2) is 29.5 Å². The summed E-state index contributed by atoms with van der Waals surface area (Å²) in [4.78, 5) is 11.5. The van der Waals surface area contributed by atoms with E-state index in [2.05, 4.69) is 19.7 Å². The zero-order valence-electron chi connectivity index (χ0n) is 17.1. The van der Waals surface area contributed by atoms with Crippen LogP contribution in [0.25, 0.3) is 11.0 Å². The highest BCUT2D eigenvalue weighted by Gasteiger charge is 2.44. The molecule has 35 heavy (non-hydrogen) atoms. The number of ether oxygens (including phenoxy) is 1. The van der Waals surface area contributed by atoms with Gasteiger partial charge in [-0.2, -0.15) is 13.2 Å². The van der Waals surface area contributed by atoms with Crippen LogP contribution in [0.15, 0.2) is 65.8 Å². The van der Waals surface area contributed by atoms with E-state index in [-0.39, 0.29) is 36.6 Å². The topological polar surface area (TPSA) is 94.1 Å². The fourth-order valence-corrected chi connectivity index (χ4v) is 4.83. The van der Waals surface area contributed by atoms with Crippen LogP contribution in [0.4, 0.5) is 19.0 Å². The minimum Gasteiger partial charge on any atom is -0.457 e. The van der Waals surface area contributed by atoms with Crippen LogP contribution in [0.1, 0.15) is 11.7 Å². The Labute approximate surface area is 211 Å².